The predicted molar refractivity (Wildman–Crippen MR) is 119 cm³/mol. The maximum atomic E-state index is 11.5. The molecule has 1 aromatic carbocycles. The summed E-state index contributed by atoms with van der Waals surface area (Å²) in [5.41, 5.74) is 2.68. The second kappa shape index (κ2) is 9.75. The third-order valence-electron chi connectivity index (χ3n) is 6.02. The Kier molecular flexibility index (Phi) is 7.87. The van der Waals surface area contributed by atoms with E-state index in [0.717, 1.165) is 38.6 Å². The minimum atomic E-state index is -0.0911. The summed E-state index contributed by atoms with van der Waals surface area (Å²) in [6, 6.07) is 9.36. The highest BCUT2D eigenvalue weighted by Crippen LogP contribution is 2.39. The molecule has 2 amide bonds. The molecule has 5 heteroatoms. The summed E-state index contributed by atoms with van der Waals surface area (Å²) in [7, 11) is 0. The number of nitrogens with one attached hydrogen (secondary N) is 3. The first-order chi connectivity index (χ1) is 13.5. The third-order valence-corrected chi connectivity index (χ3v) is 6.02. The van der Waals surface area contributed by atoms with Gasteiger partial charge in [-0.2, -0.15) is 0 Å². The van der Waals surface area contributed by atoms with E-state index in [-0.39, 0.29) is 34.9 Å². The van der Waals surface area contributed by atoms with Crippen molar-refractivity contribution in [2.24, 2.45) is 0 Å². The first-order valence-electron chi connectivity index (χ1n) is 10.9. The van der Waals surface area contributed by atoms with Crippen LogP contribution in [0.4, 0.5) is 0 Å². The Morgan fingerprint density at radius 3 is 2.34 bits per heavy atom. The fourth-order valence-corrected chi connectivity index (χ4v) is 4.34. The van der Waals surface area contributed by atoms with Crippen LogP contribution >= 0.6 is 0 Å². The maximum absolute atomic E-state index is 11.5. The molecule has 5 nitrogen and oxygen atoms in total. The van der Waals surface area contributed by atoms with E-state index in [4.69, 9.17) is 0 Å². The lowest BCUT2D eigenvalue weighted by atomic mass is 9.73. The monoisotopic (exact) mass is 401 g/mol. The van der Waals surface area contributed by atoms with Gasteiger partial charge in [0.05, 0.1) is 0 Å². The zero-order chi connectivity index (χ0) is 21.7. The van der Waals surface area contributed by atoms with Gasteiger partial charge in [-0.25, -0.2) is 0 Å². The second-order valence-electron chi connectivity index (χ2n) is 9.70. The summed E-state index contributed by atoms with van der Waals surface area (Å²) in [6.07, 6.45) is 4.79. The summed E-state index contributed by atoms with van der Waals surface area (Å²) in [5, 5.41) is 9.90. The molecule has 0 bridgehead atoms. The SMILES string of the molecule is CC(=O)NC1CCC(NCC[C@H](C)NC(C)=O)(c2cccc(C(C)(C)C)c2)CC1. The summed E-state index contributed by atoms with van der Waals surface area (Å²) in [6.45, 7) is 12.8. The second-order valence-corrected chi connectivity index (χ2v) is 9.70. The molecule has 1 aliphatic carbocycles. The molecule has 0 aromatic heterocycles. The van der Waals surface area contributed by atoms with E-state index in [1.807, 2.05) is 6.92 Å². The van der Waals surface area contributed by atoms with Gasteiger partial charge in [-0.05, 0) is 62.1 Å². The molecule has 0 saturated heterocycles. The summed E-state index contributed by atoms with van der Waals surface area (Å²) in [4.78, 5) is 22.8. The molecule has 0 aliphatic heterocycles. The lowest BCUT2D eigenvalue weighted by molar-refractivity contribution is -0.120. The Morgan fingerprint density at radius 2 is 1.79 bits per heavy atom. The van der Waals surface area contributed by atoms with Crippen molar-refractivity contribution in [3.8, 4) is 0 Å². The topological polar surface area (TPSA) is 70.2 Å². The van der Waals surface area contributed by atoms with Gasteiger partial charge in [0, 0.05) is 31.5 Å². The Bertz CT molecular complexity index is 700. The van der Waals surface area contributed by atoms with Crippen molar-refractivity contribution in [2.75, 3.05) is 6.54 Å². The molecule has 0 radical (unpaired) electrons. The Hall–Kier alpha value is -1.88. The maximum Gasteiger partial charge on any atom is 0.217 e. The predicted octanol–water partition coefficient (Wildman–Crippen LogP) is 3.76. The van der Waals surface area contributed by atoms with Crippen LogP contribution in [-0.2, 0) is 20.5 Å². The van der Waals surface area contributed by atoms with Gasteiger partial charge in [0.25, 0.3) is 0 Å². The number of hydrogen-bond acceptors (Lipinski definition) is 3. The molecule has 1 aromatic rings. The van der Waals surface area contributed by atoms with Crippen molar-refractivity contribution >= 4 is 11.8 Å². The van der Waals surface area contributed by atoms with Gasteiger partial charge in [0.2, 0.25) is 11.8 Å². The van der Waals surface area contributed by atoms with Gasteiger partial charge in [-0.1, -0.05) is 45.0 Å². The van der Waals surface area contributed by atoms with E-state index in [1.165, 1.54) is 11.1 Å². The molecule has 1 fully saturated rings. The van der Waals surface area contributed by atoms with Crippen LogP contribution in [-0.4, -0.2) is 30.4 Å². The standard InChI is InChI=1S/C24H39N3O2/c1-17(26-18(2)28)12-15-25-24(13-10-22(11-14-24)27-19(3)29)21-9-7-8-20(16-21)23(4,5)6/h7-9,16-17,22,25H,10-15H2,1-6H3,(H,26,28)(H,27,29)/t17-,22?,24?/m0/s1. The van der Waals surface area contributed by atoms with Crippen LogP contribution in [0.15, 0.2) is 24.3 Å². The van der Waals surface area contributed by atoms with Crippen molar-refractivity contribution in [3.05, 3.63) is 35.4 Å². The minimum Gasteiger partial charge on any atom is -0.354 e. The Balaban J connectivity index is 2.18. The number of amides is 2. The van der Waals surface area contributed by atoms with E-state index in [2.05, 4.69) is 61.0 Å². The molecule has 1 atom stereocenters. The smallest absolute Gasteiger partial charge is 0.217 e. The van der Waals surface area contributed by atoms with E-state index in [1.54, 1.807) is 13.8 Å². The van der Waals surface area contributed by atoms with E-state index >= 15 is 0 Å². The van der Waals surface area contributed by atoms with Crippen molar-refractivity contribution in [3.63, 3.8) is 0 Å². The fraction of sp³-hybridized carbons (Fsp3) is 0.667. The van der Waals surface area contributed by atoms with Crippen LogP contribution in [0, 0.1) is 0 Å². The molecule has 3 N–H and O–H groups in total. The minimum absolute atomic E-state index is 0.0147. The normalized spacial score (nSPS) is 23.3. The van der Waals surface area contributed by atoms with Crippen LogP contribution in [0.5, 0.6) is 0 Å². The first kappa shape index (κ1) is 23.4. The van der Waals surface area contributed by atoms with Crippen molar-refractivity contribution in [2.45, 2.75) is 96.7 Å². The number of hydrogen-bond donors (Lipinski definition) is 3. The number of benzene rings is 1. The van der Waals surface area contributed by atoms with Gasteiger partial charge in [-0.15, -0.1) is 0 Å². The molecular formula is C24H39N3O2. The molecule has 2 rings (SSSR count). The van der Waals surface area contributed by atoms with Gasteiger partial charge in [0.15, 0.2) is 0 Å². The van der Waals surface area contributed by atoms with E-state index in [0.29, 0.717) is 0 Å². The van der Waals surface area contributed by atoms with Crippen LogP contribution in [0.2, 0.25) is 0 Å². The average Bonchev–Trinajstić information content (AvgIpc) is 2.62. The average molecular weight is 402 g/mol. The largest absolute Gasteiger partial charge is 0.354 e. The molecule has 29 heavy (non-hydrogen) atoms. The lowest BCUT2D eigenvalue weighted by Gasteiger charge is -2.42. The first-order valence-corrected chi connectivity index (χ1v) is 10.9. The van der Waals surface area contributed by atoms with Gasteiger partial charge < -0.3 is 16.0 Å². The van der Waals surface area contributed by atoms with Crippen LogP contribution in [0.25, 0.3) is 0 Å². The highest BCUT2D eigenvalue weighted by atomic mass is 16.2. The van der Waals surface area contributed by atoms with Gasteiger partial charge in [0.1, 0.15) is 0 Å². The number of rotatable bonds is 7. The molecule has 0 heterocycles. The van der Waals surface area contributed by atoms with Gasteiger partial charge >= 0.3 is 0 Å². The summed E-state index contributed by atoms with van der Waals surface area (Å²) in [5.74, 6) is 0.0650. The molecule has 1 saturated carbocycles. The van der Waals surface area contributed by atoms with Crippen LogP contribution < -0.4 is 16.0 Å². The van der Waals surface area contributed by atoms with Crippen molar-refractivity contribution in [1.29, 1.82) is 0 Å². The van der Waals surface area contributed by atoms with Crippen molar-refractivity contribution < 1.29 is 9.59 Å². The molecule has 0 spiro atoms. The zero-order valence-corrected chi connectivity index (χ0v) is 19.0. The van der Waals surface area contributed by atoms with Crippen LogP contribution in [0.3, 0.4) is 0 Å². The summed E-state index contributed by atoms with van der Waals surface area (Å²) >= 11 is 0. The lowest BCUT2D eigenvalue weighted by Crippen LogP contribution is -2.50. The highest BCUT2D eigenvalue weighted by Gasteiger charge is 2.37. The molecular weight excluding hydrogens is 362 g/mol. The number of carbonyl (C=O) groups excluding carboxylic acids is 2. The molecule has 162 valence electrons. The van der Waals surface area contributed by atoms with E-state index < -0.39 is 0 Å². The quantitative estimate of drug-likeness (QED) is 0.651. The molecule has 0 unspecified atom stereocenters. The van der Waals surface area contributed by atoms with E-state index in [9.17, 15) is 9.59 Å². The van der Waals surface area contributed by atoms with Gasteiger partial charge in [-0.3, -0.25) is 9.59 Å². The van der Waals surface area contributed by atoms with Crippen LogP contribution in [0.1, 0.15) is 84.8 Å². The Labute approximate surface area is 176 Å². The summed E-state index contributed by atoms with van der Waals surface area (Å²) < 4.78 is 0. The van der Waals surface area contributed by atoms with Crippen molar-refractivity contribution in [1.82, 2.24) is 16.0 Å². The fourth-order valence-electron chi connectivity index (χ4n) is 4.34. The molecule has 1 aliphatic rings. The highest BCUT2D eigenvalue weighted by molar-refractivity contribution is 5.73. The zero-order valence-electron chi connectivity index (χ0n) is 19.0. The number of carbonyl (C=O) groups is 2. The Morgan fingerprint density at radius 1 is 1.14 bits per heavy atom. The third kappa shape index (κ3) is 6.84.